The van der Waals surface area contributed by atoms with Gasteiger partial charge in [0.05, 0.1) is 23.6 Å². The number of allylic oxidation sites excluding steroid dienone is 2. The number of hydrogen-bond donors (Lipinski definition) is 1. The average Bonchev–Trinajstić information content (AvgIpc) is 3.40. The molecule has 1 saturated heterocycles. The number of pyridine rings is 1. The normalized spacial score (nSPS) is 23.5. The van der Waals surface area contributed by atoms with Gasteiger partial charge in [-0.15, -0.1) is 0 Å². The van der Waals surface area contributed by atoms with Crippen LogP contribution in [0.4, 0.5) is 0 Å². The molecule has 1 saturated carbocycles. The molecule has 0 radical (unpaired) electrons. The second kappa shape index (κ2) is 8.80. The van der Waals surface area contributed by atoms with Crippen molar-refractivity contribution in [2.75, 3.05) is 26.2 Å². The topological polar surface area (TPSA) is 68.4 Å². The van der Waals surface area contributed by atoms with Crippen molar-refractivity contribution >= 4 is 11.5 Å². The first-order valence-corrected chi connectivity index (χ1v) is 11.8. The van der Waals surface area contributed by atoms with E-state index >= 15 is 0 Å². The zero-order valence-electron chi connectivity index (χ0n) is 18.7. The lowest BCUT2D eigenvalue weighted by atomic mass is 9.77. The lowest BCUT2D eigenvalue weighted by Gasteiger charge is -2.32. The molecule has 30 heavy (non-hydrogen) atoms. The summed E-state index contributed by atoms with van der Waals surface area (Å²) in [5.74, 6) is -0.398. The Morgan fingerprint density at radius 1 is 1.13 bits per heavy atom. The molecule has 3 aliphatic rings. The van der Waals surface area contributed by atoms with E-state index < -0.39 is 5.91 Å². The standard InChI is InChI=1S/C25H37N3O2/c1-24(2)13-9-19(10-14-24)22-20(23(26)29)7-8-21(27-22)25(11-3-4-12-25)30-18-17-28-15-5-6-16-28/h7-9H,3-6,10-18H2,1-2H3,(H2,26,29). The number of carbonyl (C=O) groups is 1. The van der Waals surface area contributed by atoms with E-state index in [-0.39, 0.29) is 5.60 Å². The largest absolute Gasteiger partial charge is 0.367 e. The van der Waals surface area contributed by atoms with Crippen molar-refractivity contribution in [1.82, 2.24) is 9.88 Å². The van der Waals surface area contributed by atoms with Gasteiger partial charge in [0.1, 0.15) is 5.60 Å². The highest BCUT2D eigenvalue weighted by Crippen LogP contribution is 2.43. The summed E-state index contributed by atoms with van der Waals surface area (Å²) in [5, 5.41) is 0. The molecule has 164 valence electrons. The van der Waals surface area contributed by atoms with Crippen molar-refractivity contribution < 1.29 is 9.53 Å². The van der Waals surface area contributed by atoms with E-state index in [2.05, 4.69) is 24.8 Å². The predicted molar refractivity (Wildman–Crippen MR) is 120 cm³/mol. The Morgan fingerprint density at radius 3 is 2.50 bits per heavy atom. The van der Waals surface area contributed by atoms with Crippen molar-refractivity contribution in [2.24, 2.45) is 11.1 Å². The molecule has 0 atom stereocenters. The number of amides is 1. The third-order valence-electron chi connectivity index (χ3n) is 7.30. The van der Waals surface area contributed by atoms with Gasteiger partial charge >= 0.3 is 0 Å². The summed E-state index contributed by atoms with van der Waals surface area (Å²) in [4.78, 5) is 19.7. The molecular weight excluding hydrogens is 374 g/mol. The van der Waals surface area contributed by atoms with Crippen LogP contribution in [0.1, 0.15) is 93.4 Å². The van der Waals surface area contributed by atoms with Crippen LogP contribution in [0.2, 0.25) is 0 Å². The Morgan fingerprint density at radius 2 is 1.87 bits per heavy atom. The van der Waals surface area contributed by atoms with Crippen LogP contribution < -0.4 is 5.73 Å². The van der Waals surface area contributed by atoms with Crippen LogP contribution in [-0.4, -0.2) is 42.0 Å². The second-order valence-corrected chi connectivity index (χ2v) is 10.2. The summed E-state index contributed by atoms with van der Waals surface area (Å²) < 4.78 is 6.57. The van der Waals surface area contributed by atoms with Gasteiger partial charge < -0.3 is 15.4 Å². The van der Waals surface area contributed by atoms with Gasteiger partial charge in [0, 0.05) is 6.54 Å². The molecule has 1 aliphatic heterocycles. The maximum absolute atomic E-state index is 12.1. The van der Waals surface area contributed by atoms with E-state index in [1.165, 1.54) is 25.9 Å². The number of hydrogen-bond acceptors (Lipinski definition) is 4. The summed E-state index contributed by atoms with van der Waals surface area (Å²) in [6, 6.07) is 3.86. The smallest absolute Gasteiger partial charge is 0.250 e. The highest BCUT2D eigenvalue weighted by Gasteiger charge is 2.39. The maximum atomic E-state index is 12.1. The molecule has 1 aromatic rings. The zero-order valence-corrected chi connectivity index (χ0v) is 18.7. The Labute approximate surface area is 181 Å². The first kappa shape index (κ1) is 21.5. The van der Waals surface area contributed by atoms with Gasteiger partial charge in [-0.3, -0.25) is 4.79 Å². The van der Waals surface area contributed by atoms with E-state index in [4.69, 9.17) is 15.5 Å². The van der Waals surface area contributed by atoms with Crippen LogP contribution in [0.15, 0.2) is 18.2 Å². The molecule has 5 heteroatoms. The maximum Gasteiger partial charge on any atom is 0.250 e. The van der Waals surface area contributed by atoms with Gasteiger partial charge in [-0.25, -0.2) is 4.98 Å². The number of rotatable bonds is 7. The monoisotopic (exact) mass is 411 g/mol. The number of likely N-dealkylation sites (tertiary alicyclic amines) is 1. The van der Waals surface area contributed by atoms with E-state index in [9.17, 15) is 4.79 Å². The van der Waals surface area contributed by atoms with Crippen molar-refractivity contribution in [1.29, 1.82) is 0 Å². The van der Waals surface area contributed by atoms with Crippen molar-refractivity contribution in [2.45, 2.75) is 77.2 Å². The number of nitrogens with zero attached hydrogens (tertiary/aromatic N) is 2. The van der Waals surface area contributed by atoms with Crippen molar-refractivity contribution in [3.63, 3.8) is 0 Å². The Bertz CT molecular complexity index is 803. The van der Waals surface area contributed by atoms with Crippen LogP contribution in [0, 0.1) is 5.41 Å². The molecule has 2 heterocycles. The van der Waals surface area contributed by atoms with E-state index in [1.54, 1.807) is 0 Å². The Balaban J connectivity index is 1.60. The summed E-state index contributed by atoms with van der Waals surface area (Å²) in [5.41, 5.74) is 9.16. The van der Waals surface area contributed by atoms with Crippen LogP contribution in [-0.2, 0) is 10.3 Å². The molecule has 0 spiro atoms. The number of aromatic nitrogens is 1. The fourth-order valence-electron chi connectivity index (χ4n) is 5.25. The lowest BCUT2D eigenvalue weighted by Crippen LogP contribution is -2.33. The molecule has 1 aromatic heterocycles. The number of ether oxygens (including phenoxy) is 1. The minimum Gasteiger partial charge on any atom is -0.367 e. The van der Waals surface area contributed by atoms with Gasteiger partial charge in [0.2, 0.25) is 0 Å². The van der Waals surface area contributed by atoms with Gasteiger partial charge in [-0.2, -0.15) is 0 Å². The highest BCUT2D eigenvalue weighted by molar-refractivity contribution is 5.97. The van der Waals surface area contributed by atoms with Gasteiger partial charge in [0.25, 0.3) is 5.91 Å². The van der Waals surface area contributed by atoms with Crippen LogP contribution in [0.5, 0.6) is 0 Å². The highest BCUT2D eigenvalue weighted by atomic mass is 16.5. The van der Waals surface area contributed by atoms with E-state index in [0.29, 0.717) is 11.0 Å². The fraction of sp³-hybridized carbons (Fsp3) is 0.680. The second-order valence-electron chi connectivity index (χ2n) is 10.2. The quantitative estimate of drug-likeness (QED) is 0.709. The molecule has 1 amide bonds. The van der Waals surface area contributed by atoms with Gasteiger partial charge in [0.15, 0.2) is 0 Å². The molecule has 0 aromatic carbocycles. The lowest BCUT2D eigenvalue weighted by molar-refractivity contribution is -0.0546. The Hall–Kier alpha value is -1.72. The SMILES string of the molecule is CC1(C)CC=C(c2nc(C3(OCCN4CCCC4)CCCC3)ccc2C(N)=O)CC1. The number of primary amides is 1. The molecular formula is C25H37N3O2. The first-order chi connectivity index (χ1) is 14.4. The van der Waals surface area contributed by atoms with Crippen molar-refractivity contribution in [3.05, 3.63) is 35.2 Å². The predicted octanol–water partition coefficient (Wildman–Crippen LogP) is 4.66. The third-order valence-corrected chi connectivity index (χ3v) is 7.30. The molecule has 0 unspecified atom stereocenters. The summed E-state index contributed by atoms with van der Waals surface area (Å²) in [6.45, 7) is 8.70. The average molecular weight is 412 g/mol. The van der Waals surface area contributed by atoms with Crippen LogP contribution in [0.25, 0.3) is 5.57 Å². The minimum atomic E-state index is -0.398. The summed E-state index contributed by atoms with van der Waals surface area (Å²) in [6.07, 6.45) is 12.2. The van der Waals surface area contributed by atoms with Crippen LogP contribution in [0.3, 0.4) is 0 Å². The summed E-state index contributed by atoms with van der Waals surface area (Å²) in [7, 11) is 0. The molecule has 4 rings (SSSR count). The van der Waals surface area contributed by atoms with E-state index in [1.807, 2.05) is 12.1 Å². The molecule has 0 bridgehead atoms. The molecule has 2 N–H and O–H groups in total. The Kier molecular flexibility index (Phi) is 6.31. The third kappa shape index (κ3) is 4.62. The van der Waals surface area contributed by atoms with Gasteiger partial charge in [-0.1, -0.05) is 32.8 Å². The van der Waals surface area contributed by atoms with Gasteiger partial charge in [-0.05, 0) is 81.2 Å². The number of carbonyl (C=O) groups excluding carboxylic acids is 1. The summed E-state index contributed by atoms with van der Waals surface area (Å²) >= 11 is 0. The van der Waals surface area contributed by atoms with Crippen LogP contribution >= 0.6 is 0 Å². The number of nitrogens with two attached hydrogens (primary N) is 1. The zero-order chi connectivity index (χ0) is 21.2. The molecule has 2 aliphatic carbocycles. The minimum absolute atomic E-state index is 0.305. The van der Waals surface area contributed by atoms with E-state index in [0.717, 1.165) is 75.1 Å². The molecule has 2 fully saturated rings. The first-order valence-electron chi connectivity index (χ1n) is 11.8. The fourth-order valence-corrected chi connectivity index (χ4v) is 5.25. The van der Waals surface area contributed by atoms with Crippen molar-refractivity contribution in [3.8, 4) is 0 Å². The molecule has 5 nitrogen and oxygen atoms in total.